The Balaban J connectivity index is 1.57. The maximum atomic E-state index is 13.4. The molecule has 2 aliphatic rings. The van der Waals surface area contributed by atoms with E-state index in [1.807, 2.05) is 18.2 Å². The number of hydrogen-bond acceptors (Lipinski definition) is 2. The minimum absolute atomic E-state index is 0.0614. The molecule has 4 heteroatoms. The molecule has 0 aromatic heterocycles. The van der Waals surface area contributed by atoms with Crippen molar-refractivity contribution in [3.63, 3.8) is 0 Å². The monoisotopic (exact) mass is 376 g/mol. The molecule has 28 heavy (non-hydrogen) atoms. The molecular formula is C24H28N2O2. The minimum atomic E-state index is 0.0614. The molecule has 0 saturated heterocycles. The van der Waals surface area contributed by atoms with Crippen molar-refractivity contribution in [1.82, 2.24) is 4.90 Å². The molecule has 2 aromatic rings. The molecule has 1 aliphatic heterocycles. The van der Waals surface area contributed by atoms with Crippen molar-refractivity contribution >= 4 is 17.5 Å². The molecule has 0 saturated carbocycles. The highest BCUT2D eigenvalue weighted by Crippen LogP contribution is 2.30. The van der Waals surface area contributed by atoms with Crippen LogP contribution in [0.5, 0.6) is 0 Å². The molecule has 0 fully saturated rings. The number of anilines is 1. The van der Waals surface area contributed by atoms with Crippen LogP contribution in [-0.4, -0.2) is 35.8 Å². The van der Waals surface area contributed by atoms with Gasteiger partial charge in [0.1, 0.15) is 0 Å². The smallest absolute Gasteiger partial charge is 0.254 e. The maximum Gasteiger partial charge on any atom is 0.254 e. The number of carbonyl (C=O) groups excluding carboxylic acids is 2. The summed E-state index contributed by atoms with van der Waals surface area (Å²) in [5.41, 5.74) is 5.60. The minimum Gasteiger partial charge on any atom is -0.335 e. The van der Waals surface area contributed by atoms with E-state index in [1.165, 1.54) is 11.1 Å². The van der Waals surface area contributed by atoms with Crippen LogP contribution in [0.2, 0.25) is 0 Å². The summed E-state index contributed by atoms with van der Waals surface area (Å²) in [5, 5.41) is 0. The Morgan fingerprint density at radius 1 is 1.07 bits per heavy atom. The van der Waals surface area contributed by atoms with Crippen molar-refractivity contribution in [3.05, 3.63) is 64.7 Å². The second kappa shape index (κ2) is 7.78. The van der Waals surface area contributed by atoms with Gasteiger partial charge in [-0.3, -0.25) is 9.59 Å². The SMILES string of the molecule is CCCN(C(=O)c1ccc2c(c1)CCN2C(C)=O)C1CCc2ccccc2C1. The van der Waals surface area contributed by atoms with E-state index in [1.54, 1.807) is 11.8 Å². The van der Waals surface area contributed by atoms with Gasteiger partial charge in [0.15, 0.2) is 0 Å². The van der Waals surface area contributed by atoms with Gasteiger partial charge in [-0.1, -0.05) is 31.2 Å². The quantitative estimate of drug-likeness (QED) is 0.809. The summed E-state index contributed by atoms with van der Waals surface area (Å²) in [5.74, 6) is 0.182. The predicted molar refractivity (Wildman–Crippen MR) is 112 cm³/mol. The Morgan fingerprint density at radius 2 is 1.86 bits per heavy atom. The first-order valence-corrected chi connectivity index (χ1v) is 10.4. The molecular weight excluding hydrogens is 348 g/mol. The number of hydrogen-bond donors (Lipinski definition) is 0. The summed E-state index contributed by atoms with van der Waals surface area (Å²) in [7, 11) is 0. The lowest BCUT2D eigenvalue weighted by molar-refractivity contribution is -0.116. The first-order chi connectivity index (χ1) is 13.6. The second-order valence-corrected chi connectivity index (χ2v) is 7.93. The van der Waals surface area contributed by atoms with Gasteiger partial charge in [-0.05, 0) is 67.0 Å². The molecule has 1 heterocycles. The van der Waals surface area contributed by atoms with E-state index in [2.05, 4.69) is 36.1 Å². The molecule has 2 aromatic carbocycles. The maximum absolute atomic E-state index is 13.4. The Kier molecular flexibility index (Phi) is 5.21. The zero-order chi connectivity index (χ0) is 19.7. The van der Waals surface area contributed by atoms with Gasteiger partial charge in [0, 0.05) is 37.3 Å². The molecule has 1 atom stereocenters. The standard InChI is InChI=1S/C24H28N2O2/c1-3-13-26(22-10-8-18-6-4-5-7-19(18)16-22)24(28)21-9-11-23-20(15-21)12-14-25(23)17(2)27/h4-7,9,11,15,22H,3,8,10,12-14,16H2,1-2H3. The predicted octanol–water partition coefficient (Wildman–Crippen LogP) is 4.01. The lowest BCUT2D eigenvalue weighted by atomic mass is 9.87. The summed E-state index contributed by atoms with van der Waals surface area (Å²) in [6, 6.07) is 14.7. The average Bonchev–Trinajstić information content (AvgIpc) is 3.14. The number of aryl methyl sites for hydroxylation is 1. The van der Waals surface area contributed by atoms with Crippen LogP contribution in [-0.2, 0) is 24.1 Å². The highest BCUT2D eigenvalue weighted by molar-refractivity contribution is 5.98. The molecule has 4 nitrogen and oxygen atoms in total. The number of benzene rings is 2. The summed E-state index contributed by atoms with van der Waals surface area (Å²) >= 11 is 0. The van der Waals surface area contributed by atoms with Gasteiger partial charge in [-0.15, -0.1) is 0 Å². The number of amides is 2. The van der Waals surface area contributed by atoms with Gasteiger partial charge < -0.3 is 9.80 Å². The van der Waals surface area contributed by atoms with Gasteiger partial charge >= 0.3 is 0 Å². The number of nitrogens with zero attached hydrogens (tertiary/aromatic N) is 2. The molecule has 146 valence electrons. The molecule has 0 radical (unpaired) electrons. The summed E-state index contributed by atoms with van der Waals surface area (Å²) in [6.07, 6.45) is 4.76. The summed E-state index contributed by atoms with van der Waals surface area (Å²) in [4.78, 5) is 29.1. The van der Waals surface area contributed by atoms with Crippen molar-refractivity contribution in [2.45, 2.75) is 52.0 Å². The third-order valence-electron chi connectivity index (χ3n) is 6.09. The van der Waals surface area contributed by atoms with Crippen molar-refractivity contribution < 1.29 is 9.59 Å². The van der Waals surface area contributed by atoms with Gasteiger partial charge in [0.05, 0.1) is 0 Å². The Morgan fingerprint density at radius 3 is 2.61 bits per heavy atom. The zero-order valence-electron chi connectivity index (χ0n) is 16.8. The molecule has 0 N–H and O–H groups in total. The molecule has 0 bridgehead atoms. The third kappa shape index (κ3) is 3.44. The van der Waals surface area contributed by atoms with Crippen molar-refractivity contribution in [1.29, 1.82) is 0 Å². The first-order valence-electron chi connectivity index (χ1n) is 10.4. The van der Waals surface area contributed by atoms with Gasteiger partial charge in [0.25, 0.3) is 5.91 Å². The highest BCUT2D eigenvalue weighted by atomic mass is 16.2. The van der Waals surface area contributed by atoms with Crippen molar-refractivity contribution in [2.24, 2.45) is 0 Å². The van der Waals surface area contributed by atoms with Crippen LogP contribution >= 0.6 is 0 Å². The lowest BCUT2D eigenvalue weighted by Gasteiger charge is -2.35. The van der Waals surface area contributed by atoms with Crippen LogP contribution in [0.15, 0.2) is 42.5 Å². The Labute approximate surface area is 167 Å². The van der Waals surface area contributed by atoms with E-state index >= 15 is 0 Å². The van der Waals surface area contributed by atoms with E-state index in [4.69, 9.17) is 0 Å². The summed E-state index contributed by atoms with van der Waals surface area (Å²) < 4.78 is 0. The van der Waals surface area contributed by atoms with E-state index in [9.17, 15) is 9.59 Å². The van der Waals surface area contributed by atoms with Crippen molar-refractivity contribution in [2.75, 3.05) is 18.0 Å². The highest BCUT2D eigenvalue weighted by Gasteiger charge is 2.29. The molecule has 1 aliphatic carbocycles. The zero-order valence-corrected chi connectivity index (χ0v) is 16.8. The molecule has 1 unspecified atom stereocenters. The second-order valence-electron chi connectivity index (χ2n) is 7.93. The number of fused-ring (bicyclic) bond motifs is 2. The Bertz CT molecular complexity index is 905. The van der Waals surface area contributed by atoms with Crippen LogP contribution in [0.25, 0.3) is 0 Å². The van der Waals surface area contributed by atoms with Crippen LogP contribution in [0, 0.1) is 0 Å². The fraction of sp³-hybridized carbons (Fsp3) is 0.417. The van der Waals surface area contributed by atoms with Gasteiger partial charge in [-0.25, -0.2) is 0 Å². The largest absolute Gasteiger partial charge is 0.335 e. The van der Waals surface area contributed by atoms with Crippen LogP contribution < -0.4 is 4.90 Å². The van der Waals surface area contributed by atoms with Crippen LogP contribution in [0.1, 0.15) is 53.7 Å². The van der Waals surface area contributed by atoms with E-state index in [-0.39, 0.29) is 17.9 Å². The molecule has 2 amide bonds. The lowest BCUT2D eigenvalue weighted by Crippen LogP contribution is -2.44. The van der Waals surface area contributed by atoms with Gasteiger partial charge in [-0.2, -0.15) is 0 Å². The van der Waals surface area contributed by atoms with E-state index in [0.29, 0.717) is 6.54 Å². The van der Waals surface area contributed by atoms with Crippen molar-refractivity contribution in [3.8, 4) is 0 Å². The fourth-order valence-electron chi connectivity index (χ4n) is 4.66. The molecule has 4 rings (SSSR count). The average molecular weight is 377 g/mol. The van der Waals surface area contributed by atoms with Crippen LogP contribution in [0.4, 0.5) is 5.69 Å². The van der Waals surface area contributed by atoms with Gasteiger partial charge in [0.2, 0.25) is 5.91 Å². The summed E-state index contributed by atoms with van der Waals surface area (Å²) in [6.45, 7) is 5.21. The third-order valence-corrected chi connectivity index (χ3v) is 6.09. The van der Waals surface area contributed by atoms with E-state index < -0.39 is 0 Å². The molecule has 0 spiro atoms. The van der Waals surface area contributed by atoms with E-state index in [0.717, 1.165) is 55.5 Å². The van der Waals surface area contributed by atoms with Crippen LogP contribution in [0.3, 0.4) is 0 Å². The fourth-order valence-corrected chi connectivity index (χ4v) is 4.66. The first kappa shape index (κ1) is 18.7. The normalized spacial score (nSPS) is 17.8. The number of rotatable bonds is 4. The topological polar surface area (TPSA) is 40.6 Å². The number of carbonyl (C=O) groups is 2. The Hall–Kier alpha value is -2.62.